The van der Waals surface area contributed by atoms with Gasteiger partial charge in [-0.3, -0.25) is 0 Å². The number of nitrogens with zero attached hydrogens (tertiary/aromatic N) is 2. The third-order valence-electron chi connectivity index (χ3n) is 2.50. The molecular weight excluding hydrogens is 233 g/mol. The normalized spacial score (nSPS) is 15.7. The third kappa shape index (κ3) is 2.60. The van der Waals surface area contributed by atoms with Gasteiger partial charge < -0.3 is 5.73 Å². The first-order valence-corrected chi connectivity index (χ1v) is 5.90. The molecular formula is C10H13Cl2N3. The van der Waals surface area contributed by atoms with Crippen molar-refractivity contribution in [3.05, 3.63) is 21.7 Å². The van der Waals surface area contributed by atoms with E-state index in [1.165, 1.54) is 0 Å². The Bertz CT molecular complexity index is 341. The Morgan fingerprint density at radius 1 is 1.20 bits per heavy atom. The second-order valence-electron chi connectivity index (χ2n) is 3.81. The molecule has 2 rings (SSSR count). The van der Waals surface area contributed by atoms with E-state index < -0.39 is 0 Å². The van der Waals surface area contributed by atoms with Crippen LogP contribution in [0.15, 0.2) is 0 Å². The topological polar surface area (TPSA) is 51.8 Å². The molecule has 5 heteroatoms. The van der Waals surface area contributed by atoms with Crippen LogP contribution in [-0.2, 0) is 6.42 Å². The Morgan fingerprint density at radius 3 is 2.27 bits per heavy atom. The van der Waals surface area contributed by atoms with Crippen molar-refractivity contribution in [2.24, 2.45) is 5.73 Å². The predicted octanol–water partition coefficient (Wildman–Crippen LogP) is 2.55. The lowest BCUT2D eigenvalue weighted by Crippen LogP contribution is -2.04. The van der Waals surface area contributed by atoms with E-state index in [1.807, 2.05) is 0 Å². The van der Waals surface area contributed by atoms with Gasteiger partial charge in [0.1, 0.15) is 16.1 Å². The summed E-state index contributed by atoms with van der Waals surface area (Å²) < 4.78 is 0. The molecule has 1 heterocycles. The van der Waals surface area contributed by atoms with Crippen LogP contribution in [0.4, 0.5) is 0 Å². The van der Waals surface area contributed by atoms with Gasteiger partial charge in [-0.15, -0.1) is 0 Å². The van der Waals surface area contributed by atoms with Crippen LogP contribution >= 0.6 is 23.2 Å². The van der Waals surface area contributed by atoms with Crippen molar-refractivity contribution < 1.29 is 0 Å². The van der Waals surface area contributed by atoms with Crippen molar-refractivity contribution in [1.82, 2.24) is 9.97 Å². The van der Waals surface area contributed by atoms with E-state index in [2.05, 4.69) is 9.97 Å². The molecule has 82 valence electrons. The minimum atomic E-state index is 0.476. The van der Waals surface area contributed by atoms with Gasteiger partial charge in [-0.2, -0.15) is 0 Å². The van der Waals surface area contributed by atoms with E-state index in [9.17, 15) is 0 Å². The first-order chi connectivity index (χ1) is 7.22. The highest BCUT2D eigenvalue weighted by atomic mass is 35.5. The molecule has 0 aliphatic heterocycles. The van der Waals surface area contributed by atoms with Crippen LogP contribution in [0.25, 0.3) is 0 Å². The second-order valence-corrected chi connectivity index (χ2v) is 4.52. The molecule has 15 heavy (non-hydrogen) atoms. The van der Waals surface area contributed by atoms with Crippen LogP contribution in [-0.4, -0.2) is 16.5 Å². The molecule has 3 nitrogen and oxygen atoms in total. The summed E-state index contributed by atoms with van der Waals surface area (Å²) in [4.78, 5) is 8.56. The summed E-state index contributed by atoms with van der Waals surface area (Å²) in [5.41, 5.74) is 6.26. The van der Waals surface area contributed by atoms with Crippen molar-refractivity contribution in [2.45, 2.75) is 31.6 Å². The number of rotatable bonds is 4. The lowest BCUT2D eigenvalue weighted by Gasteiger charge is -2.06. The van der Waals surface area contributed by atoms with Crippen LogP contribution in [0.1, 0.15) is 36.6 Å². The molecule has 1 aliphatic carbocycles. The van der Waals surface area contributed by atoms with Gasteiger partial charge in [-0.1, -0.05) is 23.2 Å². The summed E-state index contributed by atoms with van der Waals surface area (Å²) in [5.74, 6) is 1.27. The van der Waals surface area contributed by atoms with Gasteiger partial charge in [-0.05, 0) is 32.2 Å². The molecule has 0 spiro atoms. The van der Waals surface area contributed by atoms with Gasteiger partial charge in [0.2, 0.25) is 0 Å². The molecule has 1 saturated carbocycles. The lowest BCUT2D eigenvalue weighted by atomic mass is 10.2. The van der Waals surface area contributed by atoms with Gasteiger partial charge >= 0.3 is 0 Å². The molecule has 1 aromatic heterocycles. The highest BCUT2D eigenvalue weighted by Gasteiger charge is 2.28. The molecule has 0 radical (unpaired) electrons. The Labute approximate surface area is 99.0 Å². The molecule has 0 bridgehead atoms. The molecule has 0 unspecified atom stereocenters. The van der Waals surface area contributed by atoms with Gasteiger partial charge in [0.05, 0.1) is 0 Å². The molecule has 2 N–H and O–H groups in total. The van der Waals surface area contributed by atoms with Gasteiger partial charge in [0.25, 0.3) is 0 Å². The summed E-state index contributed by atoms with van der Waals surface area (Å²) in [6.07, 6.45) is 3.90. The van der Waals surface area contributed by atoms with E-state index in [1.54, 1.807) is 0 Å². The number of hydrogen-bond donors (Lipinski definition) is 1. The zero-order valence-corrected chi connectivity index (χ0v) is 9.85. The summed E-state index contributed by atoms with van der Waals surface area (Å²) in [5, 5.41) is 0.982. The minimum absolute atomic E-state index is 0.476. The monoisotopic (exact) mass is 245 g/mol. The standard InChI is InChI=1S/C10H13Cl2N3/c11-8-7(2-1-5-13)9(12)15-10(14-8)6-3-4-6/h6H,1-5,13H2. The first-order valence-electron chi connectivity index (χ1n) is 5.14. The predicted molar refractivity (Wildman–Crippen MR) is 61.4 cm³/mol. The van der Waals surface area contributed by atoms with Crippen molar-refractivity contribution >= 4 is 23.2 Å². The average Bonchev–Trinajstić information content (AvgIpc) is 2.99. The maximum Gasteiger partial charge on any atom is 0.137 e. The maximum atomic E-state index is 6.07. The van der Waals surface area contributed by atoms with E-state index in [4.69, 9.17) is 28.9 Å². The fourth-order valence-corrected chi connectivity index (χ4v) is 2.04. The van der Waals surface area contributed by atoms with Gasteiger partial charge in [0, 0.05) is 11.5 Å². The summed E-state index contributed by atoms with van der Waals surface area (Å²) in [6.45, 7) is 0.622. The second kappa shape index (κ2) is 4.64. The van der Waals surface area contributed by atoms with E-state index in [-0.39, 0.29) is 0 Å². The molecule has 0 amide bonds. The Balaban J connectivity index is 2.22. The van der Waals surface area contributed by atoms with Crippen LogP contribution in [0.5, 0.6) is 0 Å². The zero-order valence-electron chi connectivity index (χ0n) is 8.34. The van der Waals surface area contributed by atoms with Crippen LogP contribution in [0.2, 0.25) is 10.3 Å². The highest BCUT2D eigenvalue weighted by molar-refractivity contribution is 6.34. The van der Waals surface area contributed by atoms with Gasteiger partial charge in [-0.25, -0.2) is 9.97 Å². The van der Waals surface area contributed by atoms with E-state index >= 15 is 0 Å². The molecule has 1 fully saturated rings. The van der Waals surface area contributed by atoms with Crippen LogP contribution in [0, 0.1) is 0 Å². The van der Waals surface area contributed by atoms with Crippen LogP contribution in [0.3, 0.4) is 0 Å². The fraction of sp³-hybridized carbons (Fsp3) is 0.600. The maximum absolute atomic E-state index is 6.07. The Morgan fingerprint density at radius 2 is 1.80 bits per heavy atom. The molecule has 0 atom stereocenters. The quantitative estimate of drug-likeness (QED) is 0.830. The summed E-state index contributed by atoms with van der Waals surface area (Å²) in [7, 11) is 0. The first kappa shape index (κ1) is 11.1. The number of aromatic nitrogens is 2. The molecule has 0 saturated heterocycles. The highest BCUT2D eigenvalue weighted by Crippen LogP contribution is 2.39. The molecule has 1 aromatic rings. The number of nitrogens with two attached hydrogens (primary N) is 1. The number of hydrogen-bond acceptors (Lipinski definition) is 3. The molecule has 1 aliphatic rings. The summed E-state index contributed by atoms with van der Waals surface area (Å²) in [6, 6.07) is 0. The summed E-state index contributed by atoms with van der Waals surface area (Å²) >= 11 is 12.1. The van der Waals surface area contributed by atoms with Crippen molar-refractivity contribution in [3.8, 4) is 0 Å². The Kier molecular flexibility index (Phi) is 3.44. The fourth-order valence-electron chi connectivity index (χ4n) is 1.46. The van der Waals surface area contributed by atoms with Gasteiger partial charge in [0.15, 0.2) is 0 Å². The molecule has 0 aromatic carbocycles. The van der Waals surface area contributed by atoms with Crippen molar-refractivity contribution in [3.63, 3.8) is 0 Å². The SMILES string of the molecule is NCCCc1c(Cl)nc(C2CC2)nc1Cl. The van der Waals surface area contributed by atoms with E-state index in [0.29, 0.717) is 22.8 Å². The third-order valence-corrected chi connectivity index (χ3v) is 3.12. The van der Waals surface area contributed by atoms with E-state index in [0.717, 1.165) is 37.1 Å². The number of halogens is 2. The minimum Gasteiger partial charge on any atom is -0.330 e. The van der Waals surface area contributed by atoms with Crippen LogP contribution < -0.4 is 5.73 Å². The smallest absolute Gasteiger partial charge is 0.137 e. The lowest BCUT2D eigenvalue weighted by molar-refractivity contribution is 0.812. The van der Waals surface area contributed by atoms with Crippen molar-refractivity contribution in [1.29, 1.82) is 0 Å². The largest absolute Gasteiger partial charge is 0.330 e. The van der Waals surface area contributed by atoms with Crippen molar-refractivity contribution in [2.75, 3.05) is 6.54 Å². The Hall–Kier alpha value is -0.380. The average molecular weight is 246 g/mol. The zero-order chi connectivity index (χ0) is 10.8.